The first kappa shape index (κ1) is 12.0. The van der Waals surface area contributed by atoms with Crippen LogP contribution in [-0.2, 0) is 6.18 Å². The monoisotopic (exact) mass is 247 g/mol. The molecule has 1 aromatic carbocycles. The van der Waals surface area contributed by atoms with Crippen molar-refractivity contribution < 1.29 is 22.6 Å². The van der Waals surface area contributed by atoms with Gasteiger partial charge in [-0.25, -0.2) is 0 Å². The zero-order valence-electron chi connectivity index (χ0n) is 9.17. The smallest absolute Gasteiger partial charge is 0.420 e. The van der Waals surface area contributed by atoms with E-state index in [-0.39, 0.29) is 17.6 Å². The molecule has 0 aliphatic carbocycles. The van der Waals surface area contributed by atoms with Crippen molar-refractivity contribution in [2.75, 3.05) is 20.2 Å². The van der Waals surface area contributed by atoms with Gasteiger partial charge in [-0.3, -0.25) is 0 Å². The van der Waals surface area contributed by atoms with Gasteiger partial charge in [0.2, 0.25) is 0 Å². The van der Waals surface area contributed by atoms with Gasteiger partial charge in [0.15, 0.2) is 0 Å². The number of alkyl halides is 3. The molecule has 6 heteroatoms. The Morgan fingerprint density at radius 3 is 2.47 bits per heavy atom. The first-order chi connectivity index (χ1) is 8.00. The summed E-state index contributed by atoms with van der Waals surface area (Å²) in [5.41, 5.74) is -0.802. The Balaban J connectivity index is 2.28. The predicted molar refractivity (Wildman–Crippen MR) is 55.3 cm³/mol. The summed E-state index contributed by atoms with van der Waals surface area (Å²) in [6.07, 6.45) is -4.63. The van der Waals surface area contributed by atoms with Crippen molar-refractivity contribution in [1.29, 1.82) is 0 Å². The molecular weight excluding hydrogens is 235 g/mol. The van der Waals surface area contributed by atoms with E-state index >= 15 is 0 Å². The fourth-order valence-electron chi connectivity index (χ4n) is 1.49. The molecule has 0 unspecified atom stereocenters. The molecule has 1 heterocycles. The normalized spacial score (nSPS) is 16.5. The average Bonchev–Trinajstić information content (AvgIpc) is 2.22. The summed E-state index contributed by atoms with van der Waals surface area (Å²) in [6, 6.07) is 3.69. The number of ether oxygens (including phenoxy) is 2. The van der Waals surface area contributed by atoms with Crippen molar-refractivity contribution in [3.05, 3.63) is 23.8 Å². The lowest BCUT2D eigenvalue weighted by molar-refractivity contribution is -0.139. The van der Waals surface area contributed by atoms with Crippen LogP contribution in [0.15, 0.2) is 18.2 Å². The minimum atomic E-state index is -4.44. The Hall–Kier alpha value is -1.43. The SMILES string of the molecule is COc1ccc(OC2CNC2)c(C(F)(F)F)c1. The summed E-state index contributed by atoms with van der Waals surface area (Å²) < 4.78 is 48.4. The maximum atomic E-state index is 12.8. The van der Waals surface area contributed by atoms with Gasteiger partial charge in [-0.1, -0.05) is 0 Å². The maximum absolute atomic E-state index is 12.8. The van der Waals surface area contributed by atoms with Crippen molar-refractivity contribution in [2.24, 2.45) is 0 Å². The van der Waals surface area contributed by atoms with Gasteiger partial charge in [0.25, 0.3) is 0 Å². The predicted octanol–water partition coefficient (Wildman–Crippen LogP) is 2.06. The van der Waals surface area contributed by atoms with Gasteiger partial charge in [-0.05, 0) is 18.2 Å². The lowest BCUT2D eigenvalue weighted by Gasteiger charge is -2.29. The molecule has 94 valence electrons. The second-order valence-corrected chi connectivity index (χ2v) is 3.76. The standard InChI is InChI=1S/C11H12F3NO2/c1-16-7-2-3-10(17-8-5-15-6-8)9(4-7)11(12,13)14/h2-4,8,15H,5-6H2,1H3. The largest absolute Gasteiger partial charge is 0.497 e. The molecule has 2 rings (SSSR count). The van der Waals surface area contributed by atoms with E-state index in [1.165, 1.54) is 19.2 Å². The molecule has 0 radical (unpaired) electrons. The molecule has 1 aliphatic rings. The Morgan fingerprint density at radius 1 is 1.29 bits per heavy atom. The van der Waals surface area contributed by atoms with Crippen molar-refractivity contribution >= 4 is 0 Å². The van der Waals surface area contributed by atoms with Crippen molar-refractivity contribution in [1.82, 2.24) is 5.32 Å². The number of benzene rings is 1. The average molecular weight is 247 g/mol. The first-order valence-electron chi connectivity index (χ1n) is 5.13. The van der Waals surface area contributed by atoms with Gasteiger partial charge >= 0.3 is 6.18 Å². The summed E-state index contributed by atoms with van der Waals surface area (Å²) in [5.74, 6) is 0.0150. The van der Waals surface area contributed by atoms with Gasteiger partial charge in [-0.2, -0.15) is 13.2 Å². The molecule has 0 aromatic heterocycles. The van der Waals surface area contributed by atoms with E-state index in [1.54, 1.807) is 0 Å². The highest BCUT2D eigenvalue weighted by Crippen LogP contribution is 2.38. The molecule has 0 spiro atoms. The zero-order chi connectivity index (χ0) is 12.5. The van der Waals surface area contributed by atoms with E-state index in [1.807, 2.05) is 0 Å². The fraction of sp³-hybridized carbons (Fsp3) is 0.455. The minimum Gasteiger partial charge on any atom is -0.497 e. The number of nitrogens with one attached hydrogen (secondary N) is 1. The maximum Gasteiger partial charge on any atom is 0.420 e. The molecule has 1 fully saturated rings. The van der Waals surface area contributed by atoms with E-state index in [9.17, 15) is 13.2 Å². The van der Waals surface area contributed by atoms with Crippen molar-refractivity contribution in [2.45, 2.75) is 12.3 Å². The van der Waals surface area contributed by atoms with E-state index in [2.05, 4.69) is 5.32 Å². The van der Waals surface area contributed by atoms with Crippen LogP contribution in [0.3, 0.4) is 0 Å². The quantitative estimate of drug-likeness (QED) is 0.886. The summed E-state index contributed by atoms with van der Waals surface area (Å²) in [5, 5.41) is 2.93. The second kappa shape index (κ2) is 4.44. The van der Waals surface area contributed by atoms with Crippen molar-refractivity contribution in [3.63, 3.8) is 0 Å². The molecule has 0 saturated carbocycles. The second-order valence-electron chi connectivity index (χ2n) is 3.76. The van der Waals surface area contributed by atoms with Crippen LogP contribution >= 0.6 is 0 Å². The Morgan fingerprint density at radius 2 is 2.00 bits per heavy atom. The number of hydrogen-bond donors (Lipinski definition) is 1. The van der Waals surface area contributed by atoms with Crippen LogP contribution in [-0.4, -0.2) is 26.3 Å². The van der Waals surface area contributed by atoms with E-state index in [4.69, 9.17) is 9.47 Å². The van der Waals surface area contributed by atoms with Gasteiger partial charge in [0.1, 0.15) is 23.2 Å². The van der Waals surface area contributed by atoms with Crippen LogP contribution in [0.2, 0.25) is 0 Å². The lowest BCUT2D eigenvalue weighted by atomic mass is 10.1. The van der Waals surface area contributed by atoms with Crippen LogP contribution in [0.4, 0.5) is 13.2 Å². The number of halogens is 3. The molecular formula is C11H12F3NO2. The van der Waals surface area contributed by atoms with E-state index < -0.39 is 11.7 Å². The molecule has 0 bridgehead atoms. The fourth-order valence-corrected chi connectivity index (χ4v) is 1.49. The summed E-state index contributed by atoms with van der Waals surface area (Å²) >= 11 is 0. The molecule has 0 atom stereocenters. The van der Waals surface area contributed by atoms with E-state index in [0.29, 0.717) is 13.1 Å². The molecule has 0 amide bonds. The van der Waals surface area contributed by atoms with E-state index in [0.717, 1.165) is 6.07 Å². The topological polar surface area (TPSA) is 30.5 Å². The molecule has 1 aromatic rings. The lowest BCUT2D eigenvalue weighted by Crippen LogP contribution is -2.50. The van der Waals surface area contributed by atoms with Crippen molar-refractivity contribution in [3.8, 4) is 11.5 Å². The van der Waals surface area contributed by atoms with Crippen LogP contribution < -0.4 is 14.8 Å². The summed E-state index contributed by atoms with van der Waals surface area (Å²) in [6.45, 7) is 1.15. The van der Waals surface area contributed by atoms with Crippen LogP contribution in [0.1, 0.15) is 5.56 Å². The number of methoxy groups -OCH3 is 1. The van der Waals surface area contributed by atoms with Gasteiger partial charge in [0.05, 0.1) is 7.11 Å². The molecule has 1 saturated heterocycles. The Kier molecular flexibility index (Phi) is 3.15. The van der Waals surface area contributed by atoms with Crippen LogP contribution in [0.5, 0.6) is 11.5 Å². The first-order valence-corrected chi connectivity index (χ1v) is 5.13. The van der Waals surface area contributed by atoms with Crippen LogP contribution in [0, 0.1) is 0 Å². The van der Waals surface area contributed by atoms with Crippen LogP contribution in [0.25, 0.3) is 0 Å². The highest BCUT2D eigenvalue weighted by molar-refractivity contribution is 5.42. The molecule has 3 nitrogen and oxygen atoms in total. The van der Waals surface area contributed by atoms with Gasteiger partial charge in [0, 0.05) is 13.1 Å². The minimum absolute atomic E-state index is 0.148. The zero-order valence-corrected chi connectivity index (χ0v) is 9.17. The highest BCUT2D eigenvalue weighted by Gasteiger charge is 2.36. The number of rotatable bonds is 3. The third-order valence-corrected chi connectivity index (χ3v) is 2.53. The van der Waals surface area contributed by atoms with Gasteiger partial charge < -0.3 is 14.8 Å². The summed E-state index contributed by atoms with van der Waals surface area (Å²) in [7, 11) is 1.33. The molecule has 17 heavy (non-hydrogen) atoms. The summed E-state index contributed by atoms with van der Waals surface area (Å²) in [4.78, 5) is 0. The highest BCUT2D eigenvalue weighted by atomic mass is 19.4. The third-order valence-electron chi connectivity index (χ3n) is 2.53. The molecule has 1 N–H and O–H groups in total. The molecule has 1 aliphatic heterocycles. The Bertz CT molecular complexity index is 402. The Labute approximate surface area is 96.5 Å². The van der Waals surface area contributed by atoms with Gasteiger partial charge in [-0.15, -0.1) is 0 Å². The third kappa shape index (κ3) is 2.63. The number of hydrogen-bond acceptors (Lipinski definition) is 3.